The van der Waals surface area contributed by atoms with Gasteiger partial charge in [0, 0.05) is 5.57 Å². The third kappa shape index (κ3) is 1.57. The molecule has 2 nitrogen and oxygen atoms in total. The number of cyclic esters (lactones) is 1. The lowest BCUT2D eigenvalue weighted by molar-refractivity contribution is -0.148. The summed E-state index contributed by atoms with van der Waals surface area (Å²) in [6.07, 6.45) is 8.18. The lowest BCUT2D eigenvalue weighted by Gasteiger charge is -2.57. The normalized spacial score (nSPS) is 42.4. The molecule has 1 heterocycles. The molecule has 2 fully saturated rings. The van der Waals surface area contributed by atoms with E-state index in [0.717, 1.165) is 24.3 Å². The van der Waals surface area contributed by atoms with Crippen LogP contribution in [0.5, 0.6) is 0 Å². The maximum Gasteiger partial charge on any atom is 0.333 e. The van der Waals surface area contributed by atoms with Crippen molar-refractivity contribution in [3.8, 4) is 0 Å². The van der Waals surface area contributed by atoms with Crippen LogP contribution < -0.4 is 0 Å². The Labute approximate surface area is 110 Å². The van der Waals surface area contributed by atoms with Gasteiger partial charge in [0.05, 0.1) is 6.61 Å². The SMILES string of the molecule is CC1(C)CCCC2(C)C3CCOC(=O)C3=CCC12. The van der Waals surface area contributed by atoms with Crippen LogP contribution in [-0.4, -0.2) is 12.6 Å². The molecule has 0 spiro atoms. The van der Waals surface area contributed by atoms with Crippen molar-refractivity contribution in [1.29, 1.82) is 0 Å². The molecule has 0 amide bonds. The van der Waals surface area contributed by atoms with E-state index in [1.807, 2.05) is 0 Å². The van der Waals surface area contributed by atoms with E-state index in [1.165, 1.54) is 19.3 Å². The predicted octanol–water partition coefficient (Wildman–Crippen LogP) is 3.71. The molecule has 0 aromatic heterocycles. The van der Waals surface area contributed by atoms with Crippen molar-refractivity contribution in [3.05, 3.63) is 11.6 Å². The van der Waals surface area contributed by atoms with E-state index in [4.69, 9.17) is 4.74 Å². The van der Waals surface area contributed by atoms with Crippen LogP contribution in [0.2, 0.25) is 0 Å². The Bertz CT molecular complexity index is 407. The molecule has 3 atom stereocenters. The summed E-state index contributed by atoms with van der Waals surface area (Å²) in [5.41, 5.74) is 1.71. The van der Waals surface area contributed by atoms with E-state index in [9.17, 15) is 4.79 Å². The van der Waals surface area contributed by atoms with E-state index in [-0.39, 0.29) is 5.97 Å². The minimum absolute atomic E-state index is 0.0469. The Morgan fingerprint density at radius 3 is 2.83 bits per heavy atom. The van der Waals surface area contributed by atoms with Crippen molar-refractivity contribution in [1.82, 2.24) is 0 Å². The van der Waals surface area contributed by atoms with Crippen molar-refractivity contribution < 1.29 is 9.53 Å². The van der Waals surface area contributed by atoms with Gasteiger partial charge in [-0.1, -0.05) is 33.3 Å². The molecule has 0 aromatic rings. The number of fused-ring (bicyclic) bond motifs is 3. The molecule has 1 saturated carbocycles. The summed E-state index contributed by atoms with van der Waals surface area (Å²) in [5.74, 6) is 1.12. The second-order valence-electron chi connectivity index (χ2n) is 7.27. The first-order valence-corrected chi connectivity index (χ1v) is 7.32. The van der Waals surface area contributed by atoms with E-state index in [0.29, 0.717) is 23.4 Å². The number of allylic oxidation sites excluding steroid dienone is 1. The molecule has 1 saturated heterocycles. The Hall–Kier alpha value is -0.790. The van der Waals surface area contributed by atoms with Gasteiger partial charge in [-0.05, 0) is 48.3 Å². The van der Waals surface area contributed by atoms with Gasteiger partial charge in [0.2, 0.25) is 0 Å². The van der Waals surface area contributed by atoms with Gasteiger partial charge < -0.3 is 4.74 Å². The predicted molar refractivity (Wildman–Crippen MR) is 71.0 cm³/mol. The fourth-order valence-corrected chi connectivity index (χ4v) is 4.98. The van der Waals surface area contributed by atoms with Gasteiger partial charge in [-0.25, -0.2) is 4.79 Å². The van der Waals surface area contributed by atoms with Crippen LogP contribution >= 0.6 is 0 Å². The van der Waals surface area contributed by atoms with Crippen LogP contribution in [0.1, 0.15) is 52.9 Å². The molecule has 2 heteroatoms. The molecular formula is C16H24O2. The number of ether oxygens (including phenoxy) is 1. The summed E-state index contributed by atoms with van der Waals surface area (Å²) in [5, 5.41) is 0. The smallest absolute Gasteiger partial charge is 0.333 e. The van der Waals surface area contributed by atoms with Crippen LogP contribution in [0, 0.1) is 22.7 Å². The zero-order valence-corrected chi connectivity index (χ0v) is 11.8. The summed E-state index contributed by atoms with van der Waals surface area (Å²) in [6, 6.07) is 0. The highest BCUT2D eigenvalue weighted by atomic mass is 16.5. The number of carbonyl (C=O) groups excluding carboxylic acids is 1. The van der Waals surface area contributed by atoms with Gasteiger partial charge in [-0.2, -0.15) is 0 Å². The second kappa shape index (κ2) is 3.85. The van der Waals surface area contributed by atoms with Gasteiger partial charge in [-0.15, -0.1) is 0 Å². The zero-order chi connectivity index (χ0) is 13.0. The summed E-state index contributed by atoms with van der Waals surface area (Å²) in [7, 11) is 0. The Kier molecular flexibility index (Phi) is 2.62. The zero-order valence-electron chi connectivity index (χ0n) is 11.8. The summed E-state index contributed by atoms with van der Waals surface area (Å²) < 4.78 is 5.22. The topological polar surface area (TPSA) is 26.3 Å². The van der Waals surface area contributed by atoms with Crippen LogP contribution in [0.25, 0.3) is 0 Å². The van der Waals surface area contributed by atoms with E-state index in [2.05, 4.69) is 26.8 Å². The number of rotatable bonds is 0. The van der Waals surface area contributed by atoms with Crippen LogP contribution in [0.15, 0.2) is 11.6 Å². The largest absolute Gasteiger partial charge is 0.462 e. The molecular weight excluding hydrogens is 224 g/mol. The third-order valence-electron chi connectivity index (χ3n) is 5.90. The lowest BCUT2D eigenvalue weighted by Crippen LogP contribution is -2.51. The number of hydrogen-bond acceptors (Lipinski definition) is 2. The average molecular weight is 248 g/mol. The molecule has 0 bridgehead atoms. The molecule has 3 rings (SSSR count). The summed E-state index contributed by atoms with van der Waals surface area (Å²) in [6.45, 7) is 7.86. The van der Waals surface area contributed by atoms with Gasteiger partial charge in [0.15, 0.2) is 0 Å². The molecule has 0 N–H and O–H groups in total. The molecule has 3 aliphatic rings. The Morgan fingerprint density at radius 2 is 2.06 bits per heavy atom. The molecule has 0 aromatic carbocycles. The summed E-state index contributed by atoms with van der Waals surface area (Å²) >= 11 is 0. The van der Waals surface area contributed by atoms with E-state index >= 15 is 0 Å². The van der Waals surface area contributed by atoms with Gasteiger partial charge in [-0.3, -0.25) is 0 Å². The fraction of sp³-hybridized carbons (Fsp3) is 0.812. The number of esters is 1. The highest BCUT2D eigenvalue weighted by Crippen LogP contribution is 2.60. The molecule has 100 valence electrons. The first-order valence-electron chi connectivity index (χ1n) is 7.32. The standard InChI is InChI=1S/C16H24O2/c1-15(2)8-4-9-16(3)12-7-10-18-14(17)11(12)5-6-13(15)16/h5,12-13H,4,6-10H2,1-3H3. The molecule has 2 aliphatic carbocycles. The van der Waals surface area contributed by atoms with Crippen molar-refractivity contribution in [3.63, 3.8) is 0 Å². The molecule has 18 heavy (non-hydrogen) atoms. The van der Waals surface area contributed by atoms with Gasteiger partial charge in [0.1, 0.15) is 0 Å². The van der Waals surface area contributed by atoms with Crippen molar-refractivity contribution in [2.45, 2.75) is 52.9 Å². The fourth-order valence-electron chi connectivity index (χ4n) is 4.98. The highest BCUT2D eigenvalue weighted by molar-refractivity contribution is 5.90. The van der Waals surface area contributed by atoms with Gasteiger partial charge in [0.25, 0.3) is 0 Å². The van der Waals surface area contributed by atoms with E-state index in [1.54, 1.807) is 0 Å². The highest BCUT2D eigenvalue weighted by Gasteiger charge is 2.54. The van der Waals surface area contributed by atoms with E-state index < -0.39 is 0 Å². The molecule has 0 radical (unpaired) electrons. The minimum Gasteiger partial charge on any atom is -0.462 e. The lowest BCUT2D eigenvalue weighted by atomic mass is 9.48. The minimum atomic E-state index is -0.0469. The van der Waals surface area contributed by atoms with Crippen molar-refractivity contribution in [2.75, 3.05) is 6.61 Å². The quantitative estimate of drug-likeness (QED) is 0.611. The van der Waals surface area contributed by atoms with Gasteiger partial charge >= 0.3 is 5.97 Å². The number of hydrogen-bond donors (Lipinski definition) is 0. The summed E-state index contributed by atoms with van der Waals surface area (Å²) in [4.78, 5) is 11.9. The Balaban J connectivity index is 2.02. The third-order valence-corrected chi connectivity index (χ3v) is 5.90. The molecule has 1 aliphatic heterocycles. The number of carbonyl (C=O) groups is 1. The monoisotopic (exact) mass is 248 g/mol. The van der Waals surface area contributed by atoms with Crippen LogP contribution in [0.4, 0.5) is 0 Å². The second-order valence-corrected chi connectivity index (χ2v) is 7.27. The van der Waals surface area contributed by atoms with Crippen LogP contribution in [-0.2, 0) is 9.53 Å². The Morgan fingerprint density at radius 1 is 1.28 bits per heavy atom. The molecule has 3 unspecified atom stereocenters. The maximum absolute atomic E-state index is 11.9. The van der Waals surface area contributed by atoms with Crippen molar-refractivity contribution >= 4 is 5.97 Å². The first-order chi connectivity index (χ1) is 8.45. The first kappa shape index (κ1) is 12.3. The van der Waals surface area contributed by atoms with Crippen LogP contribution in [0.3, 0.4) is 0 Å². The average Bonchev–Trinajstić information content (AvgIpc) is 2.29. The van der Waals surface area contributed by atoms with Crippen molar-refractivity contribution in [2.24, 2.45) is 22.7 Å². The maximum atomic E-state index is 11.9.